The van der Waals surface area contributed by atoms with Crippen LogP contribution in [0, 0.1) is 0 Å². The van der Waals surface area contributed by atoms with E-state index in [1.165, 1.54) is 0 Å². The van der Waals surface area contributed by atoms with Crippen molar-refractivity contribution in [3.8, 4) is 0 Å². The number of para-hydroxylation sites is 1. The molecule has 0 spiro atoms. The molecule has 5 N–H and O–H groups in total. The molecular formula is C18H24N6O2. The predicted molar refractivity (Wildman–Crippen MR) is 101 cm³/mol. The summed E-state index contributed by atoms with van der Waals surface area (Å²) in [5.74, 6) is 0.948. The number of hydrogen-bond acceptors (Lipinski definition) is 6. The molecule has 3 aromatic rings. The molecule has 0 saturated carbocycles. The lowest BCUT2D eigenvalue weighted by atomic mass is 10.2. The van der Waals surface area contributed by atoms with Crippen molar-refractivity contribution in [3.63, 3.8) is 0 Å². The zero-order valence-corrected chi connectivity index (χ0v) is 15.0. The van der Waals surface area contributed by atoms with Crippen LogP contribution in [0.25, 0.3) is 21.9 Å². The molecule has 1 amide bonds. The molecule has 1 aromatic carbocycles. The molecule has 0 aliphatic carbocycles. The average molecular weight is 356 g/mol. The summed E-state index contributed by atoms with van der Waals surface area (Å²) in [6.07, 6.45) is 0. The van der Waals surface area contributed by atoms with Crippen molar-refractivity contribution < 1.29 is 9.53 Å². The van der Waals surface area contributed by atoms with Gasteiger partial charge in [-0.25, -0.2) is 9.97 Å². The van der Waals surface area contributed by atoms with Gasteiger partial charge in [-0.15, -0.1) is 0 Å². The predicted octanol–water partition coefficient (Wildman–Crippen LogP) is 1.17. The molecule has 2 aromatic heterocycles. The zero-order valence-electron chi connectivity index (χ0n) is 15.0. The summed E-state index contributed by atoms with van der Waals surface area (Å²) in [6, 6.07) is 7.25. The van der Waals surface area contributed by atoms with Gasteiger partial charge in [0.15, 0.2) is 5.82 Å². The lowest BCUT2D eigenvalue weighted by molar-refractivity contribution is -0.122. The normalized spacial score (nSPS) is 12.6. The molecule has 8 heteroatoms. The molecule has 0 saturated heterocycles. The number of ether oxygens (including phenoxy) is 1. The smallest absolute Gasteiger partial charge is 0.236 e. The van der Waals surface area contributed by atoms with E-state index < -0.39 is 6.04 Å². The second-order valence-corrected chi connectivity index (χ2v) is 6.11. The largest absolute Gasteiger partial charge is 0.382 e. The highest BCUT2D eigenvalue weighted by Crippen LogP contribution is 2.28. The molecular weight excluding hydrogens is 332 g/mol. The van der Waals surface area contributed by atoms with E-state index in [2.05, 4.69) is 15.3 Å². The van der Waals surface area contributed by atoms with Crippen molar-refractivity contribution in [2.24, 2.45) is 5.73 Å². The minimum atomic E-state index is -0.543. The number of anilines is 1. The fourth-order valence-corrected chi connectivity index (χ4v) is 2.90. The molecule has 1 atom stereocenters. The standard InChI is InChI=1S/C18H24N6O2/c1-3-26-10-14-23-15-16(24(14)9-8-21-18(25)11(2)19)12-6-4-5-7-13(12)22-17(15)20/h4-7,11H,3,8-10,19H2,1-2H3,(H2,20,22)(H,21,25). The van der Waals surface area contributed by atoms with E-state index in [0.29, 0.717) is 37.6 Å². The fourth-order valence-electron chi connectivity index (χ4n) is 2.90. The second kappa shape index (κ2) is 7.67. The van der Waals surface area contributed by atoms with Crippen molar-refractivity contribution in [1.29, 1.82) is 0 Å². The van der Waals surface area contributed by atoms with Gasteiger partial charge in [-0.2, -0.15) is 0 Å². The van der Waals surface area contributed by atoms with Crippen LogP contribution in [-0.4, -0.2) is 39.6 Å². The number of hydrogen-bond donors (Lipinski definition) is 3. The number of carbonyl (C=O) groups excluding carboxylic acids is 1. The van der Waals surface area contributed by atoms with Gasteiger partial charge >= 0.3 is 0 Å². The summed E-state index contributed by atoms with van der Waals surface area (Å²) in [6.45, 7) is 5.50. The van der Waals surface area contributed by atoms with Gasteiger partial charge in [0.1, 0.15) is 17.9 Å². The minimum absolute atomic E-state index is 0.188. The quantitative estimate of drug-likeness (QED) is 0.584. The van der Waals surface area contributed by atoms with Crippen molar-refractivity contribution in [2.45, 2.75) is 33.0 Å². The van der Waals surface area contributed by atoms with Crippen LogP contribution in [0.3, 0.4) is 0 Å². The Bertz CT molecular complexity index is 934. The monoisotopic (exact) mass is 356 g/mol. The van der Waals surface area contributed by atoms with Crippen molar-refractivity contribution in [1.82, 2.24) is 19.9 Å². The van der Waals surface area contributed by atoms with E-state index >= 15 is 0 Å². The van der Waals surface area contributed by atoms with Gasteiger partial charge in [0.25, 0.3) is 0 Å². The number of carbonyl (C=O) groups is 1. The van der Waals surface area contributed by atoms with E-state index in [9.17, 15) is 4.79 Å². The third-order valence-corrected chi connectivity index (χ3v) is 4.17. The number of nitrogens with two attached hydrogens (primary N) is 2. The Morgan fingerprint density at radius 3 is 2.85 bits per heavy atom. The molecule has 3 rings (SSSR count). The summed E-state index contributed by atoms with van der Waals surface area (Å²) >= 11 is 0. The Labute approximate surface area is 151 Å². The Kier molecular flexibility index (Phi) is 5.34. The van der Waals surface area contributed by atoms with Gasteiger partial charge in [0.05, 0.1) is 17.1 Å². The van der Waals surface area contributed by atoms with E-state index in [0.717, 1.165) is 22.2 Å². The first kappa shape index (κ1) is 18.1. The highest BCUT2D eigenvalue weighted by atomic mass is 16.5. The van der Waals surface area contributed by atoms with Crippen LogP contribution >= 0.6 is 0 Å². The lowest BCUT2D eigenvalue weighted by Crippen LogP contribution is -2.39. The first-order valence-corrected chi connectivity index (χ1v) is 8.67. The molecule has 0 radical (unpaired) electrons. The number of nitrogens with zero attached hydrogens (tertiary/aromatic N) is 3. The summed E-state index contributed by atoms with van der Waals surface area (Å²) < 4.78 is 7.59. The number of pyridine rings is 1. The molecule has 0 aliphatic heterocycles. The first-order chi connectivity index (χ1) is 12.5. The maximum atomic E-state index is 11.7. The van der Waals surface area contributed by atoms with Gasteiger partial charge in [-0.1, -0.05) is 18.2 Å². The van der Waals surface area contributed by atoms with Gasteiger partial charge in [-0.05, 0) is 19.9 Å². The summed E-state index contributed by atoms with van der Waals surface area (Å²) in [5.41, 5.74) is 14.1. The molecule has 0 aliphatic rings. The highest BCUT2D eigenvalue weighted by Gasteiger charge is 2.17. The van der Waals surface area contributed by atoms with Crippen LogP contribution in [0.15, 0.2) is 24.3 Å². The molecule has 1 unspecified atom stereocenters. The minimum Gasteiger partial charge on any atom is -0.382 e. The van der Waals surface area contributed by atoms with E-state index in [4.69, 9.17) is 16.2 Å². The van der Waals surface area contributed by atoms with E-state index in [-0.39, 0.29) is 5.91 Å². The average Bonchev–Trinajstić information content (AvgIpc) is 2.99. The SMILES string of the molecule is CCOCc1nc2c(N)nc3ccccc3c2n1CCNC(=O)C(C)N. The summed E-state index contributed by atoms with van der Waals surface area (Å²) in [5, 5.41) is 3.79. The lowest BCUT2D eigenvalue weighted by Gasteiger charge is -2.12. The van der Waals surface area contributed by atoms with Crippen molar-refractivity contribution in [3.05, 3.63) is 30.1 Å². The summed E-state index contributed by atoms with van der Waals surface area (Å²) in [4.78, 5) is 20.8. The fraction of sp³-hybridized carbons (Fsp3) is 0.389. The zero-order chi connectivity index (χ0) is 18.7. The Morgan fingerprint density at radius 1 is 1.35 bits per heavy atom. The van der Waals surface area contributed by atoms with Gasteiger partial charge in [0, 0.05) is 25.1 Å². The van der Waals surface area contributed by atoms with Crippen LogP contribution in [-0.2, 0) is 22.7 Å². The third-order valence-electron chi connectivity index (χ3n) is 4.17. The Balaban J connectivity index is 2.05. The number of benzene rings is 1. The van der Waals surface area contributed by atoms with Crippen LogP contribution in [0.1, 0.15) is 19.7 Å². The van der Waals surface area contributed by atoms with Gasteiger partial charge in [-0.3, -0.25) is 4.79 Å². The molecule has 138 valence electrons. The third kappa shape index (κ3) is 3.47. The Morgan fingerprint density at radius 2 is 2.12 bits per heavy atom. The molecule has 8 nitrogen and oxygen atoms in total. The van der Waals surface area contributed by atoms with Gasteiger partial charge < -0.3 is 26.1 Å². The van der Waals surface area contributed by atoms with Crippen LogP contribution in [0.2, 0.25) is 0 Å². The Hall–Kier alpha value is -2.71. The van der Waals surface area contributed by atoms with Gasteiger partial charge in [0.2, 0.25) is 5.91 Å². The number of nitrogens with one attached hydrogen (secondary N) is 1. The number of imidazole rings is 1. The number of nitrogen functional groups attached to an aromatic ring is 1. The number of rotatable bonds is 7. The first-order valence-electron chi connectivity index (χ1n) is 8.67. The second-order valence-electron chi connectivity index (χ2n) is 6.11. The molecule has 0 fully saturated rings. The maximum Gasteiger partial charge on any atom is 0.236 e. The maximum absolute atomic E-state index is 11.7. The highest BCUT2D eigenvalue weighted by molar-refractivity contribution is 6.06. The van der Waals surface area contributed by atoms with E-state index in [1.807, 2.05) is 35.8 Å². The summed E-state index contributed by atoms with van der Waals surface area (Å²) in [7, 11) is 0. The topological polar surface area (TPSA) is 121 Å². The van der Waals surface area contributed by atoms with E-state index in [1.54, 1.807) is 6.92 Å². The number of aromatic nitrogens is 3. The van der Waals surface area contributed by atoms with Crippen molar-refractivity contribution >= 4 is 33.7 Å². The molecule has 2 heterocycles. The molecule has 26 heavy (non-hydrogen) atoms. The van der Waals surface area contributed by atoms with Crippen molar-refractivity contribution in [2.75, 3.05) is 18.9 Å². The van der Waals surface area contributed by atoms with Crippen LogP contribution in [0.4, 0.5) is 5.82 Å². The van der Waals surface area contributed by atoms with Crippen LogP contribution in [0.5, 0.6) is 0 Å². The van der Waals surface area contributed by atoms with Crippen LogP contribution < -0.4 is 16.8 Å². The number of fused-ring (bicyclic) bond motifs is 3. The number of amides is 1. The molecule has 0 bridgehead atoms.